The van der Waals surface area contributed by atoms with E-state index in [1.807, 2.05) is 0 Å². The van der Waals surface area contributed by atoms with Gasteiger partial charge in [0, 0.05) is 25.7 Å². The molecule has 0 amide bonds. The van der Waals surface area contributed by atoms with Crippen molar-refractivity contribution >= 4 is 39.5 Å². The highest BCUT2D eigenvalue weighted by Crippen LogP contribution is 2.45. The normalized spacial score (nSPS) is 13.9. The zero-order valence-corrected chi connectivity index (χ0v) is 69.6. The molecule has 0 aromatic carbocycles. The highest BCUT2D eigenvalue weighted by Gasteiger charge is 2.30. The van der Waals surface area contributed by atoms with Crippen LogP contribution in [0, 0.1) is 17.8 Å². The second-order valence-electron chi connectivity index (χ2n) is 31.6. The minimum absolute atomic E-state index is 0.108. The zero-order chi connectivity index (χ0) is 75.8. The Morgan fingerprint density at radius 3 is 0.660 bits per heavy atom. The first-order valence-electron chi connectivity index (χ1n) is 43.3. The summed E-state index contributed by atoms with van der Waals surface area (Å²) in [6.07, 6.45) is 63.8. The maximum Gasteiger partial charge on any atom is 0.472 e. The van der Waals surface area contributed by atoms with Gasteiger partial charge in [0.25, 0.3) is 0 Å². The number of aliphatic hydroxyl groups excluding tert-OH is 1. The number of hydrogen-bond acceptors (Lipinski definition) is 15. The average molecular weight is 1510 g/mol. The number of rotatable bonds is 82. The van der Waals surface area contributed by atoms with Crippen LogP contribution in [0.5, 0.6) is 0 Å². The molecule has 612 valence electrons. The lowest BCUT2D eigenvalue weighted by Crippen LogP contribution is -2.30. The number of ether oxygens (including phenoxy) is 4. The van der Waals surface area contributed by atoms with Crippen molar-refractivity contribution in [1.82, 2.24) is 0 Å². The summed E-state index contributed by atoms with van der Waals surface area (Å²) in [4.78, 5) is 73.2. The van der Waals surface area contributed by atoms with Crippen LogP contribution in [0.1, 0.15) is 440 Å². The maximum atomic E-state index is 13.1. The first kappa shape index (κ1) is 101. The molecule has 3 N–H and O–H groups in total. The van der Waals surface area contributed by atoms with Gasteiger partial charge in [0.1, 0.15) is 19.3 Å². The molecule has 0 saturated carbocycles. The van der Waals surface area contributed by atoms with E-state index in [-0.39, 0.29) is 25.7 Å². The molecular formula is C84H164O17P2. The van der Waals surface area contributed by atoms with Crippen molar-refractivity contribution in [1.29, 1.82) is 0 Å². The van der Waals surface area contributed by atoms with E-state index in [0.29, 0.717) is 25.7 Å². The minimum atomic E-state index is -4.96. The summed E-state index contributed by atoms with van der Waals surface area (Å²) in [5, 5.41) is 10.7. The van der Waals surface area contributed by atoms with Gasteiger partial charge in [-0.1, -0.05) is 389 Å². The van der Waals surface area contributed by atoms with Gasteiger partial charge >= 0.3 is 39.5 Å². The average Bonchev–Trinajstić information content (AvgIpc) is 0.916. The number of phosphoric ester groups is 2. The molecule has 5 atom stereocenters. The quantitative estimate of drug-likeness (QED) is 0.0222. The number of carbonyl (C=O) groups excluding carboxylic acids is 4. The van der Waals surface area contributed by atoms with Gasteiger partial charge in [-0.15, -0.1) is 0 Å². The maximum absolute atomic E-state index is 13.1. The van der Waals surface area contributed by atoms with Crippen LogP contribution in [-0.4, -0.2) is 96.7 Å². The molecule has 0 rings (SSSR count). The van der Waals surface area contributed by atoms with Crippen molar-refractivity contribution < 1.29 is 80.2 Å². The Balaban J connectivity index is 5.25. The molecule has 0 aliphatic rings. The molecule has 0 aromatic heterocycles. The number of carbonyl (C=O) groups is 4. The van der Waals surface area contributed by atoms with Gasteiger partial charge in [0.2, 0.25) is 0 Å². The number of phosphoric acid groups is 2. The number of esters is 4. The Morgan fingerprint density at radius 2 is 0.447 bits per heavy atom. The van der Waals surface area contributed by atoms with Crippen LogP contribution in [0.15, 0.2) is 0 Å². The second kappa shape index (κ2) is 74.2. The summed E-state index contributed by atoms with van der Waals surface area (Å²) in [7, 11) is -9.93. The fourth-order valence-corrected chi connectivity index (χ4v) is 14.6. The molecule has 103 heavy (non-hydrogen) atoms. The van der Waals surface area contributed by atoms with Crippen LogP contribution in [0.4, 0.5) is 0 Å². The lowest BCUT2D eigenvalue weighted by Gasteiger charge is -2.21. The van der Waals surface area contributed by atoms with Gasteiger partial charge in [-0.3, -0.25) is 37.3 Å². The highest BCUT2D eigenvalue weighted by molar-refractivity contribution is 7.47. The van der Waals surface area contributed by atoms with Crippen LogP contribution in [-0.2, 0) is 65.4 Å². The molecule has 0 saturated heterocycles. The van der Waals surface area contributed by atoms with Crippen LogP contribution in [0.2, 0.25) is 0 Å². The van der Waals surface area contributed by atoms with Crippen LogP contribution < -0.4 is 0 Å². The van der Waals surface area contributed by atoms with E-state index in [9.17, 15) is 43.2 Å². The van der Waals surface area contributed by atoms with Gasteiger partial charge in [-0.25, -0.2) is 9.13 Å². The molecule has 2 unspecified atom stereocenters. The van der Waals surface area contributed by atoms with Crippen molar-refractivity contribution in [2.75, 3.05) is 39.6 Å². The third-order valence-electron chi connectivity index (χ3n) is 19.6. The zero-order valence-electron chi connectivity index (χ0n) is 67.8. The minimum Gasteiger partial charge on any atom is -0.462 e. The SMILES string of the molecule is CCCCCCCCCCCCCCCCCC(=O)O[C@H](COC(=O)CCCCCCCCCCC(C)C)COP(=O)(O)OC[C@H](O)COP(=O)(O)OC[C@@H](COC(=O)CCCCCCCCCCCCCCCCCC(C)C)OC(=O)CCCCCCCCCCCCCCCCCCC(C)C. The molecule has 0 fully saturated rings. The predicted molar refractivity (Wildman–Crippen MR) is 423 cm³/mol. The molecule has 0 spiro atoms. The number of hydrogen-bond donors (Lipinski definition) is 3. The van der Waals surface area contributed by atoms with E-state index in [1.54, 1.807) is 0 Å². The first-order valence-corrected chi connectivity index (χ1v) is 46.3. The summed E-state index contributed by atoms with van der Waals surface area (Å²) in [6, 6.07) is 0. The number of aliphatic hydroxyl groups is 1. The van der Waals surface area contributed by atoms with Gasteiger partial charge in [-0.2, -0.15) is 0 Å². The third kappa shape index (κ3) is 78.0. The third-order valence-corrected chi connectivity index (χ3v) is 21.5. The molecule has 0 aliphatic carbocycles. The predicted octanol–water partition coefficient (Wildman–Crippen LogP) is 25.3. The van der Waals surface area contributed by atoms with Gasteiger partial charge in [-0.05, 0) is 43.4 Å². The van der Waals surface area contributed by atoms with Crippen molar-refractivity contribution in [3.63, 3.8) is 0 Å². The van der Waals surface area contributed by atoms with Crippen molar-refractivity contribution in [2.45, 2.75) is 458 Å². The fourth-order valence-electron chi connectivity index (χ4n) is 13.0. The molecular weight excluding hydrogens is 1340 g/mol. The smallest absolute Gasteiger partial charge is 0.462 e. The molecule has 19 heteroatoms. The largest absolute Gasteiger partial charge is 0.472 e. The summed E-state index contributed by atoms with van der Waals surface area (Å²) >= 11 is 0. The van der Waals surface area contributed by atoms with E-state index in [0.717, 1.165) is 108 Å². The molecule has 0 radical (unpaired) electrons. The van der Waals surface area contributed by atoms with E-state index < -0.39 is 97.5 Å². The lowest BCUT2D eigenvalue weighted by atomic mass is 10.0. The Bertz CT molecular complexity index is 1990. The van der Waals surface area contributed by atoms with Gasteiger partial charge in [0.05, 0.1) is 26.4 Å². The molecule has 0 aromatic rings. The molecule has 0 bridgehead atoms. The number of unbranched alkanes of at least 4 members (excludes halogenated alkanes) is 50. The highest BCUT2D eigenvalue weighted by atomic mass is 31.2. The van der Waals surface area contributed by atoms with E-state index in [2.05, 4.69) is 48.5 Å². The summed E-state index contributed by atoms with van der Waals surface area (Å²) < 4.78 is 68.8. The van der Waals surface area contributed by atoms with Gasteiger partial charge in [0.15, 0.2) is 12.2 Å². The molecule has 17 nitrogen and oxygen atoms in total. The Kier molecular flexibility index (Phi) is 72.8. The first-order chi connectivity index (χ1) is 49.7. The van der Waals surface area contributed by atoms with E-state index in [1.165, 1.54) is 250 Å². The lowest BCUT2D eigenvalue weighted by molar-refractivity contribution is -0.161. The van der Waals surface area contributed by atoms with Crippen LogP contribution in [0.3, 0.4) is 0 Å². The summed E-state index contributed by atoms with van der Waals surface area (Å²) in [6.45, 7) is 12.0. The summed E-state index contributed by atoms with van der Waals surface area (Å²) in [5.41, 5.74) is 0. The fraction of sp³-hybridized carbons (Fsp3) is 0.952. The summed E-state index contributed by atoms with van der Waals surface area (Å²) in [5.74, 6) is 0.236. The van der Waals surface area contributed by atoms with E-state index >= 15 is 0 Å². The van der Waals surface area contributed by atoms with Crippen LogP contribution in [0.25, 0.3) is 0 Å². The standard InChI is InChI=1S/C84H164O17P2/c1-8-9-10-11-12-13-14-15-19-27-32-37-46-53-60-67-84(89)101-80(72-95-82(87)66-59-52-45-40-39-43-50-57-64-77(6)7)74-99-103(92,93)97-70-78(85)69-96-102(90,91)98-73-79(71-94-81(86)65-58-51-44-36-31-26-23-18-21-25-30-35-42-49-56-63-76(4)5)100-83(88)68-61-54-47-38-33-28-22-17-16-20-24-29-34-41-48-55-62-75(2)3/h75-80,85H,8-74H2,1-7H3,(H,90,91)(H,92,93)/t78-,79-,80-/m1/s1. The molecule has 0 aliphatic heterocycles. The Hall–Kier alpha value is -1.94. The Labute approximate surface area is 632 Å². The van der Waals surface area contributed by atoms with E-state index in [4.69, 9.17) is 37.0 Å². The van der Waals surface area contributed by atoms with Crippen molar-refractivity contribution in [3.05, 3.63) is 0 Å². The van der Waals surface area contributed by atoms with Gasteiger partial charge < -0.3 is 33.8 Å². The van der Waals surface area contributed by atoms with Crippen molar-refractivity contribution in [2.24, 2.45) is 17.8 Å². The molecule has 0 heterocycles. The monoisotopic (exact) mass is 1510 g/mol. The van der Waals surface area contributed by atoms with Crippen molar-refractivity contribution in [3.8, 4) is 0 Å². The topological polar surface area (TPSA) is 237 Å². The second-order valence-corrected chi connectivity index (χ2v) is 34.6. The van der Waals surface area contributed by atoms with Crippen LogP contribution >= 0.6 is 15.6 Å². The Morgan fingerprint density at radius 1 is 0.262 bits per heavy atom.